The third-order valence-electron chi connectivity index (χ3n) is 5.34. The molecule has 0 bridgehead atoms. The summed E-state index contributed by atoms with van der Waals surface area (Å²) in [6.45, 7) is 9.37. The van der Waals surface area contributed by atoms with Gasteiger partial charge in [-0.15, -0.1) is 0 Å². The van der Waals surface area contributed by atoms with Crippen LogP contribution in [0.2, 0.25) is 0 Å². The van der Waals surface area contributed by atoms with E-state index in [4.69, 9.17) is 5.73 Å². The first kappa shape index (κ1) is 13.4. The summed E-state index contributed by atoms with van der Waals surface area (Å²) in [7, 11) is 0. The Hall–Kier alpha value is -0.0800. The van der Waals surface area contributed by atoms with Gasteiger partial charge in [0.15, 0.2) is 0 Å². The summed E-state index contributed by atoms with van der Waals surface area (Å²) in [5.74, 6) is 2.69. The number of rotatable bonds is 2. The molecule has 2 N–H and O–H groups in total. The van der Waals surface area contributed by atoms with Crippen LogP contribution in [-0.2, 0) is 0 Å². The van der Waals surface area contributed by atoms with Crippen LogP contribution in [0.3, 0.4) is 0 Å². The predicted molar refractivity (Wildman–Crippen MR) is 73.9 cm³/mol. The highest BCUT2D eigenvalue weighted by molar-refractivity contribution is 4.89. The van der Waals surface area contributed by atoms with E-state index in [1.165, 1.54) is 38.6 Å². The van der Waals surface area contributed by atoms with Crippen molar-refractivity contribution in [1.29, 1.82) is 0 Å². The molecule has 2 fully saturated rings. The van der Waals surface area contributed by atoms with Crippen LogP contribution in [0.4, 0.5) is 0 Å². The number of hydrogen-bond acceptors (Lipinski definition) is 2. The molecule has 1 saturated carbocycles. The van der Waals surface area contributed by atoms with Crippen molar-refractivity contribution in [3.8, 4) is 0 Å². The van der Waals surface area contributed by atoms with Crippen molar-refractivity contribution in [2.75, 3.05) is 13.1 Å². The fourth-order valence-electron chi connectivity index (χ4n) is 3.80. The largest absolute Gasteiger partial charge is 0.329 e. The van der Waals surface area contributed by atoms with E-state index >= 15 is 0 Å². The first-order valence-corrected chi connectivity index (χ1v) is 7.57. The maximum absolute atomic E-state index is 5.98. The molecule has 1 aliphatic heterocycles. The minimum atomic E-state index is 0.657. The lowest BCUT2D eigenvalue weighted by molar-refractivity contribution is 0.0361. The number of hydrogen-bond donors (Lipinski definition) is 1. The number of piperidine rings is 1. The third kappa shape index (κ3) is 3.03. The van der Waals surface area contributed by atoms with Crippen LogP contribution in [0.25, 0.3) is 0 Å². The van der Waals surface area contributed by atoms with Gasteiger partial charge < -0.3 is 5.73 Å². The van der Waals surface area contributed by atoms with Crippen molar-refractivity contribution in [1.82, 2.24) is 4.90 Å². The highest BCUT2D eigenvalue weighted by atomic mass is 15.2. The van der Waals surface area contributed by atoms with Gasteiger partial charge in [0.25, 0.3) is 0 Å². The van der Waals surface area contributed by atoms with Crippen molar-refractivity contribution in [3.63, 3.8) is 0 Å². The second kappa shape index (κ2) is 5.71. The van der Waals surface area contributed by atoms with Crippen LogP contribution in [0.1, 0.15) is 52.9 Å². The van der Waals surface area contributed by atoms with Crippen LogP contribution in [0, 0.1) is 17.8 Å². The molecule has 17 heavy (non-hydrogen) atoms. The van der Waals surface area contributed by atoms with Gasteiger partial charge in [-0.05, 0) is 56.4 Å². The monoisotopic (exact) mass is 238 g/mol. The molecule has 1 saturated heterocycles. The van der Waals surface area contributed by atoms with Crippen molar-refractivity contribution >= 4 is 0 Å². The normalized spacial score (nSPS) is 44.8. The number of likely N-dealkylation sites (tertiary alicyclic amines) is 1. The molecule has 2 heteroatoms. The van der Waals surface area contributed by atoms with E-state index in [0.717, 1.165) is 30.3 Å². The van der Waals surface area contributed by atoms with E-state index in [0.29, 0.717) is 6.04 Å². The molecular formula is C15H30N2. The lowest BCUT2D eigenvalue weighted by Gasteiger charge is -2.46. The Morgan fingerprint density at radius 3 is 2.41 bits per heavy atom. The molecule has 5 atom stereocenters. The van der Waals surface area contributed by atoms with Gasteiger partial charge in [0.1, 0.15) is 0 Å². The Balaban J connectivity index is 1.96. The van der Waals surface area contributed by atoms with Crippen LogP contribution in [0.15, 0.2) is 0 Å². The summed E-state index contributed by atoms with van der Waals surface area (Å²) in [4.78, 5) is 2.75. The summed E-state index contributed by atoms with van der Waals surface area (Å²) in [6, 6.07) is 1.48. The fraction of sp³-hybridized carbons (Fsp3) is 1.00. The first-order valence-electron chi connectivity index (χ1n) is 7.57. The maximum Gasteiger partial charge on any atom is 0.0223 e. The Labute approximate surface area is 107 Å². The summed E-state index contributed by atoms with van der Waals surface area (Å²) in [5.41, 5.74) is 5.98. The maximum atomic E-state index is 5.98. The van der Waals surface area contributed by atoms with Gasteiger partial charge >= 0.3 is 0 Å². The van der Waals surface area contributed by atoms with Crippen molar-refractivity contribution in [2.45, 2.75) is 65.0 Å². The predicted octanol–water partition coefficient (Wildman–Crippen LogP) is 2.87. The molecular weight excluding hydrogens is 208 g/mol. The molecule has 1 aliphatic carbocycles. The minimum absolute atomic E-state index is 0.657. The van der Waals surface area contributed by atoms with Gasteiger partial charge in [-0.3, -0.25) is 4.90 Å². The van der Waals surface area contributed by atoms with Crippen molar-refractivity contribution in [3.05, 3.63) is 0 Å². The quantitative estimate of drug-likeness (QED) is 0.801. The average molecular weight is 238 g/mol. The molecule has 0 aromatic rings. The van der Waals surface area contributed by atoms with Crippen LogP contribution >= 0.6 is 0 Å². The fourth-order valence-corrected chi connectivity index (χ4v) is 3.80. The van der Waals surface area contributed by atoms with Crippen LogP contribution in [-0.4, -0.2) is 30.1 Å². The van der Waals surface area contributed by atoms with Gasteiger partial charge in [0, 0.05) is 18.6 Å². The molecule has 0 radical (unpaired) electrons. The van der Waals surface area contributed by atoms with E-state index in [-0.39, 0.29) is 0 Å². The Morgan fingerprint density at radius 2 is 1.76 bits per heavy atom. The molecule has 2 aliphatic rings. The molecule has 0 aromatic carbocycles. The van der Waals surface area contributed by atoms with Crippen LogP contribution in [0.5, 0.6) is 0 Å². The molecule has 0 spiro atoms. The minimum Gasteiger partial charge on any atom is -0.329 e. The summed E-state index contributed by atoms with van der Waals surface area (Å²) in [6.07, 6.45) is 6.89. The Bertz CT molecular complexity index is 241. The van der Waals surface area contributed by atoms with Gasteiger partial charge in [0.05, 0.1) is 0 Å². The summed E-state index contributed by atoms with van der Waals surface area (Å²) < 4.78 is 0. The van der Waals surface area contributed by atoms with Gasteiger partial charge in [-0.25, -0.2) is 0 Å². The van der Waals surface area contributed by atoms with Gasteiger partial charge in [-0.1, -0.05) is 20.8 Å². The molecule has 2 nitrogen and oxygen atoms in total. The highest BCUT2D eigenvalue weighted by Crippen LogP contribution is 2.35. The molecule has 0 aromatic heterocycles. The molecule has 2 rings (SSSR count). The molecule has 0 amide bonds. The van der Waals surface area contributed by atoms with Gasteiger partial charge in [0.2, 0.25) is 0 Å². The number of nitrogens with two attached hydrogens (primary N) is 1. The lowest BCUT2D eigenvalue weighted by Crippen LogP contribution is -2.52. The SMILES string of the molecule is CC1CCN(C2CCC(C)C(C)C2)C(CN)C1. The van der Waals surface area contributed by atoms with E-state index in [2.05, 4.69) is 25.7 Å². The zero-order chi connectivity index (χ0) is 12.4. The second-order valence-corrected chi connectivity index (χ2v) is 6.68. The van der Waals surface area contributed by atoms with E-state index in [9.17, 15) is 0 Å². The molecule has 5 unspecified atom stereocenters. The van der Waals surface area contributed by atoms with Crippen LogP contribution < -0.4 is 5.73 Å². The van der Waals surface area contributed by atoms with E-state index in [1.54, 1.807) is 0 Å². The third-order valence-corrected chi connectivity index (χ3v) is 5.34. The van der Waals surface area contributed by atoms with E-state index < -0.39 is 0 Å². The zero-order valence-electron chi connectivity index (χ0n) is 11.9. The average Bonchev–Trinajstić information content (AvgIpc) is 2.32. The van der Waals surface area contributed by atoms with E-state index in [1.807, 2.05) is 0 Å². The first-order chi connectivity index (χ1) is 8.11. The standard InChI is InChI=1S/C15H30N2/c1-11-6-7-17(15(8-11)10-16)14-5-4-12(2)13(3)9-14/h11-15H,4-10,16H2,1-3H3. The lowest BCUT2D eigenvalue weighted by atomic mass is 9.77. The molecule has 100 valence electrons. The van der Waals surface area contributed by atoms with Crippen molar-refractivity contribution in [2.24, 2.45) is 23.5 Å². The highest BCUT2D eigenvalue weighted by Gasteiger charge is 2.34. The zero-order valence-corrected chi connectivity index (χ0v) is 11.9. The van der Waals surface area contributed by atoms with Gasteiger partial charge in [-0.2, -0.15) is 0 Å². The summed E-state index contributed by atoms with van der Waals surface area (Å²) >= 11 is 0. The smallest absolute Gasteiger partial charge is 0.0223 e. The van der Waals surface area contributed by atoms with Crippen molar-refractivity contribution < 1.29 is 0 Å². The topological polar surface area (TPSA) is 29.3 Å². The Kier molecular flexibility index (Phi) is 4.48. The number of nitrogens with zero attached hydrogens (tertiary/aromatic N) is 1. The summed E-state index contributed by atoms with van der Waals surface area (Å²) in [5, 5.41) is 0. The second-order valence-electron chi connectivity index (χ2n) is 6.68. The Morgan fingerprint density at radius 1 is 1.00 bits per heavy atom. The molecule has 1 heterocycles.